The van der Waals surface area contributed by atoms with Crippen LogP contribution in [0, 0.1) is 17.8 Å². The van der Waals surface area contributed by atoms with Gasteiger partial charge in [-0.15, -0.1) is 0 Å². The van der Waals surface area contributed by atoms with Gasteiger partial charge >= 0.3 is 6.18 Å². The van der Waals surface area contributed by atoms with Crippen LogP contribution in [0.25, 0.3) is 0 Å². The summed E-state index contributed by atoms with van der Waals surface area (Å²) < 4.78 is 64.8. The van der Waals surface area contributed by atoms with Crippen molar-refractivity contribution in [1.82, 2.24) is 9.88 Å². The Balaban J connectivity index is 1.87. The van der Waals surface area contributed by atoms with Crippen molar-refractivity contribution in [3.63, 3.8) is 0 Å². The summed E-state index contributed by atoms with van der Waals surface area (Å²) in [6.45, 7) is 0.104. The molecular weight excluding hydrogens is 385 g/mol. The van der Waals surface area contributed by atoms with Crippen LogP contribution in [0.4, 0.5) is 27.6 Å². The summed E-state index contributed by atoms with van der Waals surface area (Å²) in [5.74, 6) is -5.74. The highest BCUT2D eigenvalue weighted by Gasteiger charge is 2.44. The van der Waals surface area contributed by atoms with E-state index in [4.69, 9.17) is 0 Å². The third-order valence-electron chi connectivity index (χ3n) is 4.54. The van der Waals surface area contributed by atoms with Crippen molar-refractivity contribution in [2.24, 2.45) is 5.92 Å². The van der Waals surface area contributed by atoms with E-state index in [9.17, 15) is 31.5 Å². The van der Waals surface area contributed by atoms with Gasteiger partial charge in [0.1, 0.15) is 5.92 Å². The largest absolute Gasteiger partial charge is 0.416 e. The molecule has 1 aliphatic rings. The van der Waals surface area contributed by atoms with Crippen LogP contribution in [0.5, 0.6) is 0 Å². The molecule has 3 rings (SSSR count). The molecule has 1 saturated heterocycles. The van der Waals surface area contributed by atoms with E-state index in [-0.39, 0.29) is 6.54 Å². The third kappa shape index (κ3) is 3.80. The molecule has 2 aromatic rings. The zero-order chi connectivity index (χ0) is 20.6. The first-order valence-electron chi connectivity index (χ1n) is 8.13. The fraction of sp³-hybridized carbons (Fsp3) is 0.278. The van der Waals surface area contributed by atoms with Gasteiger partial charge in [-0.1, -0.05) is 12.1 Å². The van der Waals surface area contributed by atoms with Gasteiger partial charge in [-0.3, -0.25) is 9.59 Å². The summed E-state index contributed by atoms with van der Waals surface area (Å²) >= 11 is 0. The molecule has 148 valence electrons. The molecule has 5 nitrogen and oxygen atoms in total. The molecule has 1 aromatic heterocycles. The molecule has 2 amide bonds. The molecule has 0 radical (unpaired) electrons. The summed E-state index contributed by atoms with van der Waals surface area (Å²) in [5, 5.41) is 2.20. The number of amides is 2. The van der Waals surface area contributed by atoms with E-state index in [1.807, 2.05) is 0 Å². The van der Waals surface area contributed by atoms with Gasteiger partial charge < -0.3 is 10.2 Å². The Bertz CT molecular complexity index is 914. The van der Waals surface area contributed by atoms with Crippen molar-refractivity contribution in [3.05, 3.63) is 59.4 Å². The fourth-order valence-corrected chi connectivity index (χ4v) is 3.13. The van der Waals surface area contributed by atoms with Gasteiger partial charge in [0.05, 0.1) is 11.3 Å². The number of nitrogens with zero attached hydrogens (tertiary/aromatic N) is 2. The van der Waals surface area contributed by atoms with E-state index >= 15 is 0 Å². The molecule has 1 aromatic carbocycles. The Kier molecular flexibility index (Phi) is 5.05. The maximum atomic E-state index is 13.7. The number of aromatic nitrogens is 1. The number of hydrogen-bond acceptors (Lipinski definition) is 3. The quantitative estimate of drug-likeness (QED) is 0.490. The molecule has 1 aliphatic heterocycles. The van der Waals surface area contributed by atoms with E-state index in [1.165, 1.54) is 24.1 Å². The molecule has 0 spiro atoms. The molecular formula is C18H14F5N3O2. The van der Waals surface area contributed by atoms with Gasteiger partial charge in [0.25, 0.3) is 0 Å². The third-order valence-corrected chi connectivity index (χ3v) is 4.54. The Labute approximate surface area is 156 Å². The minimum absolute atomic E-state index is 0.104. The zero-order valence-electron chi connectivity index (χ0n) is 14.4. The number of nitrogens with one attached hydrogen (secondary N) is 1. The highest BCUT2D eigenvalue weighted by molar-refractivity contribution is 6.08. The monoisotopic (exact) mass is 399 g/mol. The molecule has 1 fully saturated rings. The van der Waals surface area contributed by atoms with Crippen molar-refractivity contribution in [3.8, 4) is 0 Å². The number of carbonyl (C=O) groups excluding carboxylic acids is 2. The van der Waals surface area contributed by atoms with Crippen LogP contribution in [0.3, 0.4) is 0 Å². The van der Waals surface area contributed by atoms with Gasteiger partial charge in [-0.05, 0) is 29.8 Å². The van der Waals surface area contributed by atoms with Crippen LogP contribution in [0.1, 0.15) is 17.0 Å². The first-order valence-corrected chi connectivity index (χ1v) is 8.13. The second-order valence-corrected chi connectivity index (χ2v) is 6.38. The number of carbonyl (C=O) groups is 2. The molecule has 1 N–H and O–H groups in total. The second-order valence-electron chi connectivity index (χ2n) is 6.38. The highest BCUT2D eigenvalue weighted by atomic mass is 19.4. The van der Waals surface area contributed by atoms with Crippen LogP contribution in [0.2, 0.25) is 0 Å². The van der Waals surface area contributed by atoms with Gasteiger partial charge in [0.15, 0.2) is 0 Å². The summed E-state index contributed by atoms with van der Waals surface area (Å²) in [6, 6.07) is 5.97. The predicted molar refractivity (Wildman–Crippen MR) is 88.1 cm³/mol. The number of likely N-dealkylation sites (N-methyl/N-ethyl adjacent to an activating group) is 1. The maximum absolute atomic E-state index is 13.7. The number of likely N-dealkylation sites (tertiary alicyclic amines) is 1. The van der Waals surface area contributed by atoms with Crippen LogP contribution >= 0.6 is 0 Å². The Morgan fingerprint density at radius 3 is 2.36 bits per heavy atom. The van der Waals surface area contributed by atoms with E-state index in [2.05, 4.69) is 10.3 Å². The number of hydrogen-bond donors (Lipinski definition) is 1. The average molecular weight is 399 g/mol. The van der Waals surface area contributed by atoms with Crippen molar-refractivity contribution < 1.29 is 31.5 Å². The summed E-state index contributed by atoms with van der Waals surface area (Å²) in [6.07, 6.45) is -4.51. The first-order chi connectivity index (χ1) is 13.1. The highest BCUT2D eigenvalue weighted by Crippen LogP contribution is 2.36. The Hall–Kier alpha value is -3.04. The minimum Gasteiger partial charge on any atom is -0.344 e. The number of halogens is 5. The van der Waals surface area contributed by atoms with Gasteiger partial charge in [-0.2, -0.15) is 26.9 Å². The molecule has 2 atom stereocenters. The normalized spacial score (nSPS) is 19.8. The molecule has 0 saturated carbocycles. The molecule has 10 heteroatoms. The molecule has 2 heterocycles. The lowest BCUT2D eigenvalue weighted by atomic mass is 9.87. The van der Waals surface area contributed by atoms with Crippen LogP contribution in [-0.4, -0.2) is 35.3 Å². The number of rotatable bonds is 3. The van der Waals surface area contributed by atoms with Gasteiger partial charge in [0.2, 0.25) is 23.7 Å². The summed E-state index contributed by atoms with van der Waals surface area (Å²) in [4.78, 5) is 29.2. The topological polar surface area (TPSA) is 62.3 Å². The first kappa shape index (κ1) is 19.7. The number of anilines is 1. The zero-order valence-corrected chi connectivity index (χ0v) is 14.4. The maximum Gasteiger partial charge on any atom is 0.416 e. The van der Waals surface area contributed by atoms with Gasteiger partial charge in [0, 0.05) is 19.5 Å². The standard InChI is InChI=1S/C18H14F5N3O2/c1-26-8-11(9-2-4-10(5-3-9)18(21,22)23)14(17(26)28)16(27)24-12-6-7-13(19)25-15(12)20/h2-7,11,14H,8H2,1H3,(H,24,27)/t11-,14+/m1/s1. The minimum atomic E-state index is -4.51. The van der Waals surface area contributed by atoms with E-state index in [1.54, 1.807) is 0 Å². The van der Waals surface area contributed by atoms with Crippen molar-refractivity contribution in [2.45, 2.75) is 12.1 Å². The van der Waals surface area contributed by atoms with E-state index < -0.39 is 53.0 Å². The molecule has 0 bridgehead atoms. The van der Waals surface area contributed by atoms with E-state index in [0.29, 0.717) is 5.56 Å². The van der Waals surface area contributed by atoms with Gasteiger partial charge in [-0.25, -0.2) is 0 Å². The molecule has 0 aliphatic carbocycles. The smallest absolute Gasteiger partial charge is 0.344 e. The Morgan fingerprint density at radius 2 is 1.79 bits per heavy atom. The lowest BCUT2D eigenvalue weighted by Gasteiger charge is -2.18. The van der Waals surface area contributed by atoms with E-state index in [0.717, 1.165) is 24.3 Å². The molecule has 0 unspecified atom stereocenters. The van der Waals surface area contributed by atoms with Crippen LogP contribution in [0.15, 0.2) is 36.4 Å². The predicted octanol–water partition coefficient (Wildman–Crippen LogP) is 3.19. The van der Waals surface area contributed by atoms with Crippen LogP contribution < -0.4 is 5.32 Å². The SMILES string of the molecule is CN1C[C@H](c2ccc(C(F)(F)F)cc2)[C@@H](C(=O)Nc2ccc(F)nc2F)C1=O. The van der Waals surface area contributed by atoms with Crippen molar-refractivity contribution in [1.29, 1.82) is 0 Å². The summed E-state index contributed by atoms with van der Waals surface area (Å²) in [5.41, 5.74) is -0.891. The average Bonchev–Trinajstić information content (AvgIpc) is 2.92. The number of pyridine rings is 1. The number of alkyl halides is 3. The lowest BCUT2D eigenvalue weighted by molar-refractivity contribution is -0.138. The lowest BCUT2D eigenvalue weighted by Crippen LogP contribution is -2.33. The number of benzene rings is 1. The second kappa shape index (κ2) is 7.17. The van der Waals surface area contributed by atoms with Crippen molar-refractivity contribution >= 4 is 17.5 Å². The van der Waals surface area contributed by atoms with Crippen molar-refractivity contribution in [2.75, 3.05) is 18.9 Å². The summed E-state index contributed by atoms with van der Waals surface area (Å²) in [7, 11) is 1.45. The molecule has 28 heavy (non-hydrogen) atoms. The Morgan fingerprint density at radius 1 is 1.14 bits per heavy atom. The fourth-order valence-electron chi connectivity index (χ4n) is 3.13. The van der Waals surface area contributed by atoms with Crippen LogP contribution in [-0.2, 0) is 15.8 Å².